The van der Waals surface area contributed by atoms with E-state index in [-0.39, 0.29) is 24.3 Å². The summed E-state index contributed by atoms with van der Waals surface area (Å²) < 4.78 is 0. The van der Waals surface area contributed by atoms with E-state index < -0.39 is 12.2 Å². The number of rotatable bonds is 11. The second-order valence-electron chi connectivity index (χ2n) is 15.3. The molecular formula is C43H58N6O5. The summed E-state index contributed by atoms with van der Waals surface area (Å²) in [4.78, 5) is 47.9. The molecule has 7 rings (SSSR count). The third-order valence-electron chi connectivity index (χ3n) is 11.1. The zero-order valence-corrected chi connectivity index (χ0v) is 32.1. The molecule has 3 aromatic carbocycles. The Balaban J connectivity index is 0.000000189. The molecule has 0 bridgehead atoms. The molecule has 2 fully saturated rings. The lowest BCUT2D eigenvalue weighted by Gasteiger charge is -2.37. The minimum absolute atomic E-state index is 0.0736. The number of aliphatic hydroxyl groups excluding tert-OH is 2. The Labute approximate surface area is 320 Å². The van der Waals surface area contributed by atoms with Gasteiger partial charge in [0.25, 0.3) is 0 Å². The quantitative estimate of drug-likeness (QED) is 0.310. The summed E-state index contributed by atoms with van der Waals surface area (Å²) in [5, 5.41) is 21.0. The van der Waals surface area contributed by atoms with E-state index in [0.717, 1.165) is 64.1 Å². The van der Waals surface area contributed by atoms with Gasteiger partial charge in [0, 0.05) is 91.1 Å². The Morgan fingerprint density at radius 2 is 1.11 bits per heavy atom. The predicted octanol–water partition coefficient (Wildman–Crippen LogP) is 2.80. The number of aryl methyl sites for hydroxylation is 1. The first-order chi connectivity index (χ1) is 26.1. The number of aliphatic hydroxyl groups is 2. The monoisotopic (exact) mass is 738 g/mol. The third kappa shape index (κ3) is 10.7. The molecule has 0 saturated carbocycles. The van der Waals surface area contributed by atoms with Crippen LogP contribution < -0.4 is 4.90 Å². The van der Waals surface area contributed by atoms with Crippen LogP contribution in [-0.2, 0) is 46.7 Å². The number of carbonyl (C=O) groups excluding carboxylic acids is 3. The van der Waals surface area contributed by atoms with Gasteiger partial charge in [-0.05, 0) is 59.2 Å². The van der Waals surface area contributed by atoms with Crippen LogP contribution in [-0.4, -0.2) is 143 Å². The van der Waals surface area contributed by atoms with E-state index in [1.54, 1.807) is 9.80 Å². The zero-order valence-electron chi connectivity index (χ0n) is 32.1. The van der Waals surface area contributed by atoms with Gasteiger partial charge in [-0.2, -0.15) is 0 Å². The van der Waals surface area contributed by atoms with E-state index in [1.807, 2.05) is 11.0 Å². The lowest BCUT2D eigenvalue weighted by atomic mass is 10.00. The smallest absolute Gasteiger partial charge is 0.242 e. The number of fused-ring (bicyclic) bond motifs is 2. The van der Waals surface area contributed by atoms with Crippen molar-refractivity contribution in [1.82, 2.24) is 24.5 Å². The van der Waals surface area contributed by atoms with E-state index in [4.69, 9.17) is 0 Å². The highest BCUT2D eigenvalue weighted by Gasteiger charge is 2.29. The molecule has 4 aliphatic heterocycles. The van der Waals surface area contributed by atoms with Crippen LogP contribution in [0.2, 0.25) is 0 Å². The van der Waals surface area contributed by atoms with Crippen molar-refractivity contribution < 1.29 is 24.6 Å². The molecular weight excluding hydrogens is 681 g/mol. The van der Waals surface area contributed by atoms with Crippen molar-refractivity contribution in [2.75, 3.05) is 83.4 Å². The standard InChI is InChI=1S/C25H33N3O2.C18H25N3O3/c1-2-5-20-8-10-23(11-9-20)27-14-15-28(25(30)19-27)18-24(29)17-26-13-12-21-6-3-4-7-22(21)16-26;1-14(22)20-8-9-21(18(24)13-20)12-17(23)11-19-7-6-15-4-2-3-5-16(15)10-19/h3-4,6-11,24,29H,2,5,12-19H2,1H3;2-5,17,23H,6-13H2,1H3. The minimum Gasteiger partial charge on any atom is -0.390 e. The van der Waals surface area contributed by atoms with Crippen molar-refractivity contribution >= 4 is 23.4 Å². The van der Waals surface area contributed by atoms with Crippen molar-refractivity contribution in [2.45, 2.75) is 64.8 Å². The van der Waals surface area contributed by atoms with Crippen molar-refractivity contribution in [2.24, 2.45) is 0 Å². The fourth-order valence-corrected chi connectivity index (χ4v) is 8.09. The summed E-state index contributed by atoms with van der Waals surface area (Å²) in [6, 6.07) is 25.5. The van der Waals surface area contributed by atoms with E-state index in [0.29, 0.717) is 52.4 Å². The maximum absolute atomic E-state index is 12.7. The average molecular weight is 739 g/mol. The largest absolute Gasteiger partial charge is 0.390 e. The Hall–Kier alpha value is -4.29. The molecule has 0 aromatic heterocycles. The zero-order chi connectivity index (χ0) is 38.0. The van der Waals surface area contributed by atoms with Crippen molar-refractivity contribution in [1.29, 1.82) is 0 Å². The maximum Gasteiger partial charge on any atom is 0.242 e. The minimum atomic E-state index is -0.567. The summed E-state index contributed by atoms with van der Waals surface area (Å²) in [5.74, 6) is -0.0584. The van der Waals surface area contributed by atoms with Gasteiger partial charge in [-0.3, -0.25) is 24.2 Å². The van der Waals surface area contributed by atoms with Crippen LogP contribution >= 0.6 is 0 Å². The molecule has 54 heavy (non-hydrogen) atoms. The van der Waals surface area contributed by atoms with Crippen LogP contribution in [0, 0.1) is 0 Å². The Kier molecular flexibility index (Phi) is 13.7. The average Bonchev–Trinajstić information content (AvgIpc) is 3.17. The second kappa shape index (κ2) is 18.8. The summed E-state index contributed by atoms with van der Waals surface area (Å²) in [5.41, 5.74) is 7.92. The first-order valence-corrected chi connectivity index (χ1v) is 19.7. The highest BCUT2D eigenvalue weighted by molar-refractivity contribution is 5.85. The first-order valence-electron chi connectivity index (χ1n) is 19.7. The highest BCUT2D eigenvalue weighted by atomic mass is 16.3. The highest BCUT2D eigenvalue weighted by Crippen LogP contribution is 2.22. The number of carbonyl (C=O) groups is 3. The van der Waals surface area contributed by atoms with Crippen LogP contribution in [0.1, 0.15) is 48.1 Å². The van der Waals surface area contributed by atoms with Crippen LogP contribution in [0.15, 0.2) is 72.8 Å². The van der Waals surface area contributed by atoms with E-state index >= 15 is 0 Å². The van der Waals surface area contributed by atoms with Crippen LogP contribution in [0.25, 0.3) is 0 Å². The molecule has 4 aliphatic rings. The molecule has 2 saturated heterocycles. The Morgan fingerprint density at radius 3 is 1.59 bits per heavy atom. The predicted molar refractivity (Wildman–Crippen MR) is 211 cm³/mol. The molecule has 2 atom stereocenters. The molecule has 0 aliphatic carbocycles. The second-order valence-corrected chi connectivity index (χ2v) is 15.3. The number of hydrogen-bond donors (Lipinski definition) is 2. The van der Waals surface area contributed by atoms with Gasteiger partial charge in [0.1, 0.15) is 0 Å². The van der Waals surface area contributed by atoms with Crippen molar-refractivity contribution in [3.05, 3.63) is 101 Å². The number of nitrogens with zero attached hydrogens (tertiary/aromatic N) is 6. The van der Waals surface area contributed by atoms with E-state index in [9.17, 15) is 24.6 Å². The molecule has 2 N–H and O–H groups in total. The lowest BCUT2D eigenvalue weighted by Crippen LogP contribution is -2.54. The van der Waals surface area contributed by atoms with Gasteiger partial charge in [0.15, 0.2) is 0 Å². The normalized spacial score (nSPS) is 19.1. The lowest BCUT2D eigenvalue weighted by molar-refractivity contribution is -0.145. The van der Waals surface area contributed by atoms with E-state index in [2.05, 4.69) is 88.4 Å². The van der Waals surface area contributed by atoms with Crippen LogP contribution in [0.5, 0.6) is 0 Å². The topological polar surface area (TPSA) is 111 Å². The van der Waals surface area contributed by atoms with Gasteiger partial charge in [-0.1, -0.05) is 74.0 Å². The molecule has 11 heteroatoms. The summed E-state index contributed by atoms with van der Waals surface area (Å²) in [6.07, 6.45) is 3.18. The third-order valence-corrected chi connectivity index (χ3v) is 11.1. The fraction of sp³-hybridized carbons (Fsp3) is 0.512. The van der Waals surface area contributed by atoms with Gasteiger partial charge < -0.3 is 29.8 Å². The summed E-state index contributed by atoms with van der Waals surface area (Å²) in [7, 11) is 0. The fourth-order valence-electron chi connectivity index (χ4n) is 8.09. The maximum atomic E-state index is 12.7. The molecule has 11 nitrogen and oxygen atoms in total. The number of anilines is 1. The number of hydrogen-bond acceptors (Lipinski definition) is 8. The summed E-state index contributed by atoms with van der Waals surface area (Å²) >= 11 is 0. The molecule has 3 amide bonds. The van der Waals surface area contributed by atoms with Gasteiger partial charge in [-0.15, -0.1) is 0 Å². The van der Waals surface area contributed by atoms with Gasteiger partial charge in [0.05, 0.1) is 25.3 Å². The number of β-amino-alcohol motifs (C(OH)–C–C–N with tert-alkyl or cyclic N) is 2. The number of amides is 3. The Bertz CT molecular complexity index is 1720. The molecule has 0 radical (unpaired) electrons. The molecule has 2 unspecified atom stereocenters. The first kappa shape index (κ1) is 39.4. The van der Waals surface area contributed by atoms with Gasteiger partial charge in [-0.25, -0.2) is 0 Å². The Morgan fingerprint density at radius 1 is 0.611 bits per heavy atom. The van der Waals surface area contributed by atoms with E-state index in [1.165, 1.54) is 34.7 Å². The van der Waals surface area contributed by atoms with Crippen molar-refractivity contribution in [3.8, 4) is 0 Å². The molecule has 0 spiro atoms. The summed E-state index contributed by atoms with van der Waals surface area (Å²) in [6.45, 7) is 12.2. The molecule has 290 valence electrons. The molecule has 3 aromatic rings. The van der Waals surface area contributed by atoms with Crippen molar-refractivity contribution in [3.63, 3.8) is 0 Å². The van der Waals surface area contributed by atoms with Crippen LogP contribution in [0.4, 0.5) is 5.69 Å². The molecule has 4 heterocycles. The van der Waals surface area contributed by atoms with Gasteiger partial charge >= 0.3 is 0 Å². The van der Waals surface area contributed by atoms with Gasteiger partial charge in [0.2, 0.25) is 17.7 Å². The SMILES string of the molecule is CC(=O)N1CCN(CC(O)CN2CCc3ccccc3C2)C(=O)C1.CCCc1ccc(N2CCN(CC(O)CN3CCc4ccccc4C3)C(=O)C2)cc1. The number of benzene rings is 3. The number of piperazine rings is 2. The van der Waals surface area contributed by atoms with Crippen LogP contribution in [0.3, 0.4) is 0 Å².